The first kappa shape index (κ1) is 12.5. The molecule has 1 N–H and O–H groups in total. The summed E-state index contributed by atoms with van der Waals surface area (Å²) in [6.45, 7) is 0. The van der Waals surface area contributed by atoms with Crippen LogP contribution in [0.3, 0.4) is 0 Å². The lowest BCUT2D eigenvalue weighted by molar-refractivity contribution is -0.138. The number of furan rings is 1. The fourth-order valence-corrected chi connectivity index (χ4v) is 2.37. The minimum atomic E-state index is -0.836. The second-order valence-corrected chi connectivity index (χ2v) is 4.76. The third kappa shape index (κ3) is 2.43. The third-order valence-electron chi connectivity index (χ3n) is 3.38. The van der Waals surface area contributed by atoms with Crippen LogP contribution in [0.4, 0.5) is 0 Å². The molecule has 0 fully saturated rings. The highest BCUT2D eigenvalue weighted by Crippen LogP contribution is 2.25. The van der Waals surface area contributed by atoms with Crippen LogP contribution in [-0.4, -0.2) is 11.1 Å². The number of para-hydroxylation sites is 1. The fourth-order valence-electron chi connectivity index (χ4n) is 2.37. The van der Waals surface area contributed by atoms with Gasteiger partial charge >= 0.3 is 5.97 Å². The average Bonchev–Trinajstić information content (AvgIpc) is 2.88. The lowest BCUT2D eigenvalue weighted by atomic mass is 9.95. The second kappa shape index (κ2) is 5.21. The van der Waals surface area contributed by atoms with Gasteiger partial charge in [-0.15, -0.1) is 0 Å². The summed E-state index contributed by atoms with van der Waals surface area (Å²) >= 11 is 0. The van der Waals surface area contributed by atoms with Gasteiger partial charge in [-0.1, -0.05) is 48.5 Å². The normalized spacial score (nSPS) is 12.4. The topological polar surface area (TPSA) is 50.4 Å². The van der Waals surface area contributed by atoms with Gasteiger partial charge in [0.15, 0.2) is 0 Å². The second-order valence-electron chi connectivity index (χ2n) is 4.76. The van der Waals surface area contributed by atoms with Crippen LogP contribution < -0.4 is 0 Å². The van der Waals surface area contributed by atoms with Crippen molar-refractivity contribution in [1.82, 2.24) is 0 Å². The SMILES string of the molecule is O=C(O)C(Cc1cc2ccccc2o1)c1ccccc1. The zero-order valence-electron chi connectivity index (χ0n) is 10.8. The Morgan fingerprint density at radius 2 is 1.75 bits per heavy atom. The Labute approximate surface area is 116 Å². The number of rotatable bonds is 4. The minimum Gasteiger partial charge on any atom is -0.481 e. The van der Waals surface area contributed by atoms with Crippen LogP contribution in [0, 0.1) is 0 Å². The summed E-state index contributed by atoms with van der Waals surface area (Å²) in [5, 5.41) is 10.4. The monoisotopic (exact) mass is 266 g/mol. The maximum Gasteiger partial charge on any atom is 0.311 e. The van der Waals surface area contributed by atoms with Crippen LogP contribution in [0.15, 0.2) is 65.1 Å². The van der Waals surface area contributed by atoms with Crippen molar-refractivity contribution in [2.24, 2.45) is 0 Å². The summed E-state index contributed by atoms with van der Waals surface area (Å²) in [6.07, 6.45) is 0.355. The number of carboxylic acid groups (broad SMARTS) is 1. The molecule has 0 amide bonds. The summed E-state index contributed by atoms with van der Waals surface area (Å²) < 4.78 is 5.71. The van der Waals surface area contributed by atoms with Crippen molar-refractivity contribution in [2.45, 2.75) is 12.3 Å². The Morgan fingerprint density at radius 1 is 1.05 bits per heavy atom. The van der Waals surface area contributed by atoms with Crippen LogP contribution in [-0.2, 0) is 11.2 Å². The number of hydrogen-bond donors (Lipinski definition) is 1. The minimum absolute atomic E-state index is 0.355. The molecule has 3 aromatic rings. The molecule has 0 saturated carbocycles. The van der Waals surface area contributed by atoms with E-state index in [0.717, 1.165) is 16.5 Å². The smallest absolute Gasteiger partial charge is 0.311 e. The molecule has 0 aliphatic rings. The highest BCUT2D eigenvalue weighted by atomic mass is 16.4. The zero-order chi connectivity index (χ0) is 13.9. The summed E-state index contributed by atoms with van der Waals surface area (Å²) in [4.78, 5) is 11.5. The van der Waals surface area contributed by atoms with Crippen LogP contribution in [0.5, 0.6) is 0 Å². The lowest BCUT2D eigenvalue weighted by Crippen LogP contribution is -2.14. The lowest BCUT2D eigenvalue weighted by Gasteiger charge is -2.10. The van der Waals surface area contributed by atoms with E-state index >= 15 is 0 Å². The molecule has 1 heterocycles. The Kier molecular flexibility index (Phi) is 3.25. The standard InChI is InChI=1S/C17H14O3/c18-17(19)15(12-6-2-1-3-7-12)11-14-10-13-8-4-5-9-16(13)20-14/h1-10,15H,11H2,(H,18,19). The highest BCUT2D eigenvalue weighted by Gasteiger charge is 2.21. The summed E-state index contributed by atoms with van der Waals surface area (Å²) in [6, 6.07) is 18.8. The summed E-state index contributed by atoms with van der Waals surface area (Å²) in [7, 11) is 0. The molecule has 0 saturated heterocycles. The maximum absolute atomic E-state index is 11.5. The van der Waals surface area contributed by atoms with Crippen LogP contribution in [0.1, 0.15) is 17.2 Å². The molecule has 0 radical (unpaired) electrons. The van der Waals surface area contributed by atoms with Gasteiger partial charge in [-0.25, -0.2) is 0 Å². The molecule has 3 heteroatoms. The Hall–Kier alpha value is -2.55. The maximum atomic E-state index is 11.5. The quantitative estimate of drug-likeness (QED) is 0.780. The van der Waals surface area contributed by atoms with Crippen LogP contribution in [0.2, 0.25) is 0 Å². The van der Waals surface area contributed by atoms with E-state index in [2.05, 4.69) is 0 Å². The highest BCUT2D eigenvalue weighted by molar-refractivity contribution is 5.79. The van der Waals surface area contributed by atoms with E-state index in [1.54, 1.807) is 0 Å². The number of aliphatic carboxylic acids is 1. The van der Waals surface area contributed by atoms with E-state index in [1.807, 2.05) is 60.7 Å². The number of hydrogen-bond acceptors (Lipinski definition) is 2. The van der Waals surface area contributed by atoms with E-state index in [9.17, 15) is 9.90 Å². The molecule has 0 aliphatic carbocycles. The van der Waals surface area contributed by atoms with Crippen molar-refractivity contribution in [1.29, 1.82) is 0 Å². The average molecular weight is 266 g/mol. The Morgan fingerprint density at radius 3 is 2.45 bits per heavy atom. The zero-order valence-corrected chi connectivity index (χ0v) is 10.8. The van der Waals surface area contributed by atoms with Gasteiger partial charge in [-0.05, 0) is 17.7 Å². The number of carboxylic acids is 1. The Balaban J connectivity index is 1.92. The van der Waals surface area contributed by atoms with Gasteiger partial charge in [-0.2, -0.15) is 0 Å². The molecule has 20 heavy (non-hydrogen) atoms. The number of carbonyl (C=O) groups is 1. The van der Waals surface area contributed by atoms with Gasteiger partial charge in [0.25, 0.3) is 0 Å². The van der Waals surface area contributed by atoms with Gasteiger partial charge < -0.3 is 9.52 Å². The predicted molar refractivity (Wildman–Crippen MR) is 76.7 cm³/mol. The van der Waals surface area contributed by atoms with Crippen molar-refractivity contribution in [3.05, 3.63) is 72.0 Å². The van der Waals surface area contributed by atoms with Crippen molar-refractivity contribution in [3.63, 3.8) is 0 Å². The van der Waals surface area contributed by atoms with E-state index in [4.69, 9.17) is 4.42 Å². The molecule has 3 rings (SSSR count). The van der Waals surface area contributed by atoms with Crippen molar-refractivity contribution >= 4 is 16.9 Å². The molecular weight excluding hydrogens is 252 g/mol. The van der Waals surface area contributed by atoms with Gasteiger partial charge in [0.1, 0.15) is 11.3 Å². The van der Waals surface area contributed by atoms with Gasteiger partial charge in [-0.3, -0.25) is 4.79 Å². The summed E-state index contributed by atoms with van der Waals surface area (Å²) in [5.74, 6) is -0.726. The van der Waals surface area contributed by atoms with Crippen molar-refractivity contribution < 1.29 is 14.3 Å². The molecule has 1 aromatic heterocycles. The van der Waals surface area contributed by atoms with E-state index in [-0.39, 0.29) is 0 Å². The predicted octanol–water partition coefficient (Wildman–Crippen LogP) is 3.84. The van der Waals surface area contributed by atoms with Gasteiger partial charge in [0.2, 0.25) is 0 Å². The molecule has 0 spiro atoms. The molecular formula is C17H14O3. The van der Waals surface area contributed by atoms with E-state index < -0.39 is 11.9 Å². The van der Waals surface area contributed by atoms with E-state index in [1.165, 1.54) is 0 Å². The molecule has 0 aliphatic heterocycles. The molecule has 2 aromatic carbocycles. The molecule has 1 unspecified atom stereocenters. The largest absolute Gasteiger partial charge is 0.481 e. The number of benzene rings is 2. The van der Waals surface area contributed by atoms with Gasteiger partial charge in [0, 0.05) is 11.8 Å². The molecule has 100 valence electrons. The number of fused-ring (bicyclic) bond motifs is 1. The van der Waals surface area contributed by atoms with Crippen LogP contribution >= 0.6 is 0 Å². The first-order valence-electron chi connectivity index (χ1n) is 6.49. The van der Waals surface area contributed by atoms with E-state index in [0.29, 0.717) is 12.2 Å². The van der Waals surface area contributed by atoms with Crippen LogP contribution in [0.25, 0.3) is 11.0 Å². The fraction of sp³-hybridized carbons (Fsp3) is 0.118. The van der Waals surface area contributed by atoms with Crippen molar-refractivity contribution in [3.8, 4) is 0 Å². The Bertz CT molecular complexity index is 695. The first-order valence-corrected chi connectivity index (χ1v) is 6.49. The van der Waals surface area contributed by atoms with Crippen molar-refractivity contribution in [2.75, 3.05) is 0 Å². The summed E-state index contributed by atoms with van der Waals surface area (Å²) in [5.41, 5.74) is 1.58. The molecule has 0 bridgehead atoms. The molecule has 3 nitrogen and oxygen atoms in total. The third-order valence-corrected chi connectivity index (χ3v) is 3.38. The first-order chi connectivity index (χ1) is 9.74. The molecule has 1 atom stereocenters. The van der Waals surface area contributed by atoms with Gasteiger partial charge in [0.05, 0.1) is 5.92 Å².